The fraction of sp³-hybridized carbons (Fsp3) is 0.353. The number of hydrogen-bond acceptors (Lipinski definition) is 3. The molecule has 1 aromatic carbocycles. The molecule has 3 nitrogen and oxygen atoms in total. The Balaban J connectivity index is 1.84. The lowest BCUT2D eigenvalue weighted by atomic mass is 9.77. The lowest BCUT2D eigenvalue weighted by Gasteiger charge is -2.32. The van der Waals surface area contributed by atoms with E-state index in [9.17, 15) is 0 Å². The van der Waals surface area contributed by atoms with Crippen LogP contribution in [0.4, 0.5) is 0 Å². The highest BCUT2D eigenvalue weighted by Gasteiger charge is 2.27. The van der Waals surface area contributed by atoms with Crippen molar-refractivity contribution in [3.8, 4) is 0 Å². The fourth-order valence-electron chi connectivity index (χ4n) is 3.30. The second-order valence-electron chi connectivity index (χ2n) is 5.53. The maximum Gasteiger partial charge on any atom is 0.0319 e. The molecule has 2 unspecified atom stereocenters. The number of hydrogen-bond donors (Lipinski definition) is 2. The van der Waals surface area contributed by atoms with Gasteiger partial charge in [-0.2, -0.15) is 0 Å². The first kappa shape index (κ1) is 13.3. The molecule has 20 heavy (non-hydrogen) atoms. The second kappa shape index (κ2) is 6.16. The molecule has 3 heteroatoms. The molecule has 3 N–H and O–H groups in total. The Morgan fingerprint density at radius 3 is 2.80 bits per heavy atom. The van der Waals surface area contributed by atoms with Crippen molar-refractivity contribution in [2.45, 2.75) is 37.6 Å². The van der Waals surface area contributed by atoms with Crippen molar-refractivity contribution in [3.05, 3.63) is 65.5 Å². The maximum absolute atomic E-state index is 5.84. The van der Waals surface area contributed by atoms with Crippen molar-refractivity contribution in [3.63, 3.8) is 0 Å². The third kappa shape index (κ3) is 2.74. The summed E-state index contributed by atoms with van der Waals surface area (Å²) < 4.78 is 0. The van der Waals surface area contributed by atoms with Gasteiger partial charge in [0.2, 0.25) is 0 Å². The molecule has 2 aromatic rings. The minimum Gasteiger partial charge on any atom is -0.271 e. The first-order chi connectivity index (χ1) is 9.88. The van der Waals surface area contributed by atoms with Crippen molar-refractivity contribution in [1.82, 2.24) is 10.4 Å². The van der Waals surface area contributed by atoms with Gasteiger partial charge in [-0.15, -0.1) is 0 Å². The molecule has 0 saturated carbocycles. The van der Waals surface area contributed by atoms with Crippen LogP contribution in [0, 0.1) is 0 Å². The van der Waals surface area contributed by atoms with Crippen LogP contribution in [-0.2, 0) is 12.8 Å². The number of pyridine rings is 1. The average Bonchev–Trinajstić information content (AvgIpc) is 2.53. The van der Waals surface area contributed by atoms with Crippen molar-refractivity contribution in [2.75, 3.05) is 0 Å². The molecular formula is C17H21N3. The second-order valence-corrected chi connectivity index (χ2v) is 5.53. The van der Waals surface area contributed by atoms with Gasteiger partial charge in [0.1, 0.15) is 0 Å². The normalized spacial score (nSPS) is 19.4. The van der Waals surface area contributed by atoms with Crippen molar-refractivity contribution in [2.24, 2.45) is 5.84 Å². The molecule has 1 heterocycles. The zero-order valence-corrected chi connectivity index (χ0v) is 11.6. The summed E-state index contributed by atoms with van der Waals surface area (Å²) in [5.41, 5.74) is 7.28. The van der Waals surface area contributed by atoms with Crippen LogP contribution in [0.15, 0.2) is 48.8 Å². The molecule has 0 bridgehead atoms. The highest BCUT2D eigenvalue weighted by atomic mass is 15.2. The van der Waals surface area contributed by atoms with E-state index in [0.29, 0.717) is 5.92 Å². The van der Waals surface area contributed by atoms with Gasteiger partial charge >= 0.3 is 0 Å². The molecule has 2 atom stereocenters. The third-order valence-corrected chi connectivity index (χ3v) is 4.32. The van der Waals surface area contributed by atoms with Crippen LogP contribution in [-0.4, -0.2) is 11.0 Å². The topological polar surface area (TPSA) is 50.9 Å². The number of benzene rings is 1. The van der Waals surface area contributed by atoms with Gasteiger partial charge in [0.05, 0.1) is 0 Å². The molecular weight excluding hydrogens is 246 g/mol. The number of rotatable bonds is 4. The van der Waals surface area contributed by atoms with Gasteiger partial charge in [0, 0.05) is 24.4 Å². The summed E-state index contributed by atoms with van der Waals surface area (Å²) in [6.45, 7) is 0. The summed E-state index contributed by atoms with van der Waals surface area (Å²) in [6, 6.07) is 13.2. The van der Waals surface area contributed by atoms with Crippen LogP contribution in [0.3, 0.4) is 0 Å². The van der Waals surface area contributed by atoms with Crippen molar-refractivity contribution >= 4 is 0 Å². The Kier molecular flexibility index (Phi) is 4.09. The van der Waals surface area contributed by atoms with Crippen molar-refractivity contribution in [1.29, 1.82) is 0 Å². The predicted octanol–water partition coefficient (Wildman–Crippen LogP) is 2.58. The van der Waals surface area contributed by atoms with Gasteiger partial charge in [-0.1, -0.05) is 24.3 Å². The molecule has 0 spiro atoms. The molecule has 0 amide bonds. The van der Waals surface area contributed by atoms with Crippen molar-refractivity contribution < 1.29 is 0 Å². The third-order valence-electron chi connectivity index (χ3n) is 4.32. The number of fused-ring (bicyclic) bond motifs is 1. The van der Waals surface area contributed by atoms with E-state index in [1.165, 1.54) is 36.0 Å². The average molecular weight is 267 g/mol. The highest BCUT2D eigenvalue weighted by Crippen LogP contribution is 2.34. The lowest BCUT2D eigenvalue weighted by molar-refractivity contribution is 0.395. The molecule has 104 valence electrons. The van der Waals surface area contributed by atoms with Crippen LogP contribution in [0.2, 0.25) is 0 Å². The summed E-state index contributed by atoms with van der Waals surface area (Å²) >= 11 is 0. The molecule has 0 saturated heterocycles. The zero-order valence-electron chi connectivity index (χ0n) is 11.6. The summed E-state index contributed by atoms with van der Waals surface area (Å²) in [4.78, 5) is 4.08. The Morgan fingerprint density at radius 2 is 2.00 bits per heavy atom. The van der Waals surface area contributed by atoms with E-state index in [4.69, 9.17) is 5.84 Å². The van der Waals surface area contributed by atoms with Gasteiger partial charge in [-0.05, 0) is 54.5 Å². The van der Waals surface area contributed by atoms with Crippen LogP contribution in [0.25, 0.3) is 0 Å². The van der Waals surface area contributed by atoms with Crippen LogP contribution >= 0.6 is 0 Å². The van der Waals surface area contributed by atoms with Crippen LogP contribution in [0.1, 0.15) is 35.4 Å². The predicted molar refractivity (Wildman–Crippen MR) is 81.2 cm³/mol. The van der Waals surface area contributed by atoms with Crippen LogP contribution in [0.5, 0.6) is 0 Å². The minimum absolute atomic E-state index is 0.277. The van der Waals surface area contributed by atoms with E-state index in [2.05, 4.69) is 46.8 Å². The largest absolute Gasteiger partial charge is 0.271 e. The lowest BCUT2D eigenvalue weighted by Crippen LogP contribution is -2.42. The van der Waals surface area contributed by atoms with Gasteiger partial charge in [-0.3, -0.25) is 16.3 Å². The first-order valence-electron chi connectivity index (χ1n) is 7.31. The molecule has 0 radical (unpaired) electrons. The highest BCUT2D eigenvalue weighted by molar-refractivity contribution is 5.34. The molecule has 3 rings (SSSR count). The van der Waals surface area contributed by atoms with E-state index >= 15 is 0 Å². The number of aryl methyl sites for hydroxylation is 1. The summed E-state index contributed by atoms with van der Waals surface area (Å²) in [7, 11) is 0. The summed E-state index contributed by atoms with van der Waals surface area (Å²) in [6.07, 6.45) is 8.28. The monoisotopic (exact) mass is 267 g/mol. The standard InChI is InChI=1S/C17H21N3/c18-20-17(12-13-8-10-19-11-9-13)16-7-3-5-14-4-1-2-6-15(14)16/h1-2,4,6,8-11,16-17,20H,3,5,7,12,18H2. The van der Waals surface area contributed by atoms with Gasteiger partial charge in [-0.25, -0.2) is 0 Å². The van der Waals surface area contributed by atoms with E-state index in [-0.39, 0.29) is 6.04 Å². The first-order valence-corrected chi connectivity index (χ1v) is 7.31. The van der Waals surface area contributed by atoms with E-state index in [0.717, 1.165) is 6.42 Å². The Labute approximate surface area is 120 Å². The molecule has 1 aliphatic carbocycles. The zero-order chi connectivity index (χ0) is 13.8. The Bertz CT molecular complexity index is 553. The number of nitrogens with zero attached hydrogens (tertiary/aromatic N) is 1. The van der Waals surface area contributed by atoms with Crippen LogP contribution < -0.4 is 11.3 Å². The van der Waals surface area contributed by atoms with Gasteiger partial charge in [0.15, 0.2) is 0 Å². The fourth-order valence-corrected chi connectivity index (χ4v) is 3.30. The quantitative estimate of drug-likeness (QED) is 0.661. The molecule has 0 fully saturated rings. The van der Waals surface area contributed by atoms with E-state index in [1.54, 1.807) is 0 Å². The van der Waals surface area contributed by atoms with Gasteiger partial charge < -0.3 is 0 Å². The Morgan fingerprint density at radius 1 is 1.20 bits per heavy atom. The maximum atomic E-state index is 5.84. The number of nitrogens with one attached hydrogen (secondary N) is 1. The number of aromatic nitrogens is 1. The molecule has 1 aliphatic rings. The van der Waals surface area contributed by atoms with Gasteiger partial charge in [0.25, 0.3) is 0 Å². The minimum atomic E-state index is 0.277. The summed E-state index contributed by atoms with van der Waals surface area (Å²) in [5, 5.41) is 0. The SMILES string of the molecule is NNC(Cc1ccncc1)C1CCCc2ccccc21. The number of nitrogens with two attached hydrogens (primary N) is 1. The Hall–Kier alpha value is -1.71. The summed E-state index contributed by atoms with van der Waals surface area (Å²) in [5.74, 6) is 6.34. The smallest absolute Gasteiger partial charge is 0.0319 e. The van der Waals surface area contributed by atoms with E-state index in [1.807, 2.05) is 12.4 Å². The number of hydrazine groups is 1. The molecule has 0 aliphatic heterocycles. The van der Waals surface area contributed by atoms with E-state index < -0.39 is 0 Å². The molecule has 1 aromatic heterocycles.